The average molecular weight is 387 g/mol. The Balaban J connectivity index is 1.53. The van der Waals surface area contributed by atoms with E-state index in [0.29, 0.717) is 38.7 Å². The Morgan fingerprint density at radius 3 is 2.82 bits per heavy atom. The number of aryl methyl sites for hydroxylation is 2. The quantitative estimate of drug-likeness (QED) is 0.612. The van der Waals surface area contributed by atoms with Crippen LogP contribution in [0, 0.1) is 6.92 Å². The Bertz CT molecular complexity index is 742. The molecule has 3 heterocycles. The summed E-state index contributed by atoms with van der Waals surface area (Å²) in [5.74, 6) is 1.31. The molecule has 0 unspecified atom stereocenters. The number of carbonyl (C=O) groups is 1. The maximum absolute atomic E-state index is 12.5. The lowest BCUT2D eigenvalue weighted by Crippen LogP contribution is -2.38. The first kappa shape index (κ1) is 20.4. The Kier molecular flexibility index (Phi) is 7.50. The van der Waals surface area contributed by atoms with Crippen molar-refractivity contribution >= 4 is 5.91 Å². The van der Waals surface area contributed by atoms with Gasteiger partial charge in [0, 0.05) is 63.2 Å². The molecule has 1 fully saturated rings. The van der Waals surface area contributed by atoms with E-state index in [-0.39, 0.29) is 5.91 Å². The fourth-order valence-corrected chi connectivity index (χ4v) is 3.51. The van der Waals surface area contributed by atoms with E-state index in [0.717, 1.165) is 43.0 Å². The minimum absolute atomic E-state index is 0.203. The van der Waals surface area contributed by atoms with Crippen LogP contribution in [-0.2, 0) is 27.4 Å². The second-order valence-corrected chi connectivity index (χ2v) is 7.08. The van der Waals surface area contributed by atoms with E-state index in [1.165, 1.54) is 0 Å². The minimum atomic E-state index is 0.203. The molecule has 0 aromatic carbocycles. The molecule has 1 aliphatic heterocycles. The van der Waals surface area contributed by atoms with Gasteiger partial charge in [-0.2, -0.15) is 0 Å². The van der Waals surface area contributed by atoms with Gasteiger partial charge in [0.2, 0.25) is 5.91 Å². The van der Waals surface area contributed by atoms with Crippen molar-refractivity contribution in [2.75, 3.05) is 33.4 Å². The molecule has 1 amide bonds. The summed E-state index contributed by atoms with van der Waals surface area (Å²) in [5.41, 5.74) is 2.10. The molecule has 0 saturated carbocycles. The highest BCUT2D eigenvalue weighted by Crippen LogP contribution is 2.29. The molecule has 2 aromatic heterocycles. The van der Waals surface area contributed by atoms with Gasteiger partial charge in [-0.05, 0) is 19.8 Å². The Morgan fingerprint density at radius 1 is 1.29 bits per heavy atom. The molecule has 1 saturated heterocycles. The van der Waals surface area contributed by atoms with Crippen LogP contribution in [0.5, 0.6) is 0 Å². The second kappa shape index (κ2) is 10.3. The van der Waals surface area contributed by atoms with Crippen molar-refractivity contribution in [2.24, 2.45) is 0 Å². The molecule has 0 spiro atoms. The predicted molar refractivity (Wildman–Crippen MR) is 104 cm³/mol. The lowest BCUT2D eigenvalue weighted by molar-refractivity contribution is -0.132. The Hall–Kier alpha value is -2.32. The fraction of sp³-hybridized carbons (Fsp3) is 0.600. The van der Waals surface area contributed by atoms with Gasteiger partial charge in [0.15, 0.2) is 0 Å². The number of carbonyl (C=O) groups excluding carboxylic acids is 1. The molecular weight excluding hydrogens is 358 g/mol. The minimum Gasteiger partial charge on any atom is -0.382 e. The zero-order chi connectivity index (χ0) is 19.8. The molecule has 152 valence electrons. The van der Waals surface area contributed by atoms with Crippen molar-refractivity contribution < 1.29 is 14.3 Å². The van der Waals surface area contributed by atoms with Crippen LogP contribution >= 0.6 is 0 Å². The van der Waals surface area contributed by atoms with Crippen molar-refractivity contribution in [3.05, 3.63) is 42.0 Å². The lowest BCUT2D eigenvalue weighted by atomic mass is 9.90. The van der Waals surface area contributed by atoms with Gasteiger partial charge in [0.05, 0.1) is 31.8 Å². The zero-order valence-electron chi connectivity index (χ0n) is 16.7. The molecule has 0 radical (unpaired) electrons. The smallest absolute Gasteiger partial charge is 0.224 e. The van der Waals surface area contributed by atoms with Crippen LogP contribution in [-0.4, -0.2) is 63.7 Å². The molecular formula is C20H29N5O3. The van der Waals surface area contributed by atoms with Crippen LogP contribution in [0.4, 0.5) is 0 Å². The summed E-state index contributed by atoms with van der Waals surface area (Å²) in [5, 5.41) is 0. The number of hydrogen-bond donors (Lipinski definition) is 0. The maximum atomic E-state index is 12.5. The van der Waals surface area contributed by atoms with E-state index in [1.807, 2.05) is 28.8 Å². The standard InChI is InChI=1S/C20H29N5O3/c1-16-22-13-18(14-28-12-11-27-2)20(23-16)17-3-8-25(9-4-17)19(26)5-7-24-10-6-21-15-24/h6,10,13,15,17H,3-5,7-9,11-12,14H2,1-2H3. The largest absolute Gasteiger partial charge is 0.382 e. The normalized spacial score (nSPS) is 15.1. The molecule has 8 heteroatoms. The van der Waals surface area contributed by atoms with E-state index < -0.39 is 0 Å². The molecule has 1 aliphatic rings. The number of methoxy groups -OCH3 is 1. The molecule has 0 N–H and O–H groups in total. The summed E-state index contributed by atoms with van der Waals surface area (Å²) in [6.45, 7) is 5.72. The third-order valence-electron chi connectivity index (χ3n) is 5.09. The topological polar surface area (TPSA) is 82.4 Å². The van der Waals surface area contributed by atoms with Crippen LogP contribution in [0.1, 0.15) is 42.3 Å². The molecule has 8 nitrogen and oxygen atoms in total. The number of likely N-dealkylation sites (tertiary alicyclic amines) is 1. The first-order valence-corrected chi connectivity index (χ1v) is 9.80. The number of ether oxygens (including phenoxy) is 2. The summed E-state index contributed by atoms with van der Waals surface area (Å²) >= 11 is 0. The van der Waals surface area contributed by atoms with Crippen molar-refractivity contribution in [2.45, 2.75) is 45.3 Å². The Labute approximate surface area is 165 Å². The van der Waals surface area contributed by atoms with E-state index >= 15 is 0 Å². The van der Waals surface area contributed by atoms with Gasteiger partial charge in [-0.3, -0.25) is 4.79 Å². The van der Waals surface area contributed by atoms with Gasteiger partial charge in [-0.15, -0.1) is 0 Å². The maximum Gasteiger partial charge on any atom is 0.224 e. The molecule has 0 aliphatic carbocycles. The lowest BCUT2D eigenvalue weighted by Gasteiger charge is -2.32. The van der Waals surface area contributed by atoms with Gasteiger partial charge in [0.1, 0.15) is 5.82 Å². The van der Waals surface area contributed by atoms with Crippen molar-refractivity contribution in [3.63, 3.8) is 0 Å². The van der Waals surface area contributed by atoms with Crippen molar-refractivity contribution in [3.8, 4) is 0 Å². The molecule has 3 rings (SSSR count). The third-order valence-corrected chi connectivity index (χ3v) is 5.09. The van der Waals surface area contributed by atoms with Gasteiger partial charge in [0.25, 0.3) is 0 Å². The van der Waals surface area contributed by atoms with Gasteiger partial charge >= 0.3 is 0 Å². The highest BCUT2D eigenvalue weighted by molar-refractivity contribution is 5.76. The average Bonchev–Trinajstić information content (AvgIpc) is 3.24. The van der Waals surface area contributed by atoms with E-state index in [1.54, 1.807) is 19.6 Å². The highest BCUT2D eigenvalue weighted by Gasteiger charge is 2.26. The highest BCUT2D eigenvalue weighted by atomic mass is 16.5. The Morgan fingerprint density at radius 2 is 2.11 bits per heavy atom. The van der Waals surface area contributed by atoms with Gasteiger partial charge < -0.3 is 18.9 Å². The molecule has 2 aromatic rings. The monoisotopic (exact) mass is 387 g/mol. The summed E-state index contributed by atoms with van der Waals surface area (Å²) in [6, 6.07) is 0. The van der Waals surface area contributed by atoms with Crippen molar-refractivity contribution in [1.82, 2.24) is 24.4 Å². The van der Waals surface area contributed by atoms with Crippen molar-refractivity contribution in [1.29, 1.82) is 0 Å². The summed E-state index contributed by atoms with van der Waals surface area (Å²) in [6.07, 6.45) is 9.56. The van der Waals surface area contributed by atoms with Gasteiger partial charge in [-0.25, -0.2) is 15.0 Å². The summed E-state index contributed by atoms with van der Waals surface area (Å²) in [7, 11) is 1.66. The molecule has 0 atom stereocenters. The predicted octanol–water partition coefficient (Wildman–Crippen LogP) is 1.94. The van der Waals surface area contributed by atoms with Crippen LogP contribution in [0.15, 0.2) is 24.9 Å². The first-order valence-electron chi connectivity index (χ1n) is 9.80. The van der Waals surface area contributed by atoms with Crippen LogP contribution in [0.25, 0.3) is 0 Å². The summed E-state index contributed by atoms with van der Waals surface area (Å²) in [4.78, 5) is 27.5. The molecule has 0 bridgehead atoms. The zero-order valence-corrected chi connectivity index (χ0v) is 16.7. The third kappa shape index (κ3) is 5.59. The fourth-order valence-electron chi connectivity index (χ4n) is 3.51. The number of aromatic nitrogens is 4. The number of nitrogens with zero attached hydrogens (tertiary/aromatic N) is 5. The number of imidazole rings is 1. The first-order chi connectivity index (χ1) is 13.7. The van der Waals surface area contributed by atoms with E-state index in [9.17, 15) is 4.79 Å². The number of piperidine rings is 1. The number of amides is 1. The van der Waals surface area contributed by atoms with E-state index in [2.05, 4.69) is 9.97 Å². The summed E-state index contributed by atoms with van der Waals surface area (Å²) < 4.78 is 12.6. The van der Waals surface area contributed by atoms with Crippen LogP contribution < -0.4 is 0 Å². The van der Waals surface area contributed by atoms with E-state index in [4.69, 9.17) is 14.5 Å². The SMILES string of the molecule is COCCOCc1cnc(C)nc1C1CCN(C(=O)CCn2ccnc2)CC1. The second-order valence-electron chi connectivity index (χ2n) is 7.08. The number of hydrogen-bond acceptors (Lipinski definition) is 6. The van der Waals surface area contributed by atoms with Crippen LogP contribution in [0.3, 0.4) is 0 Å². The van der Waals surface area contributed by atoms with Crippen LogP contribution in [0.2, 0.25) is 0 Å². The molecule has 28 heavy (non-hydrogen) atoms. The van der Waals surface area contributed by atoms with Gasteiger partial charge in [-0.1, -0.05) is 0 Å². The number of rotatable bonds is 9.